The van der Waals surface area contributed by atoms with E-state index < -0.39 is 12.1 Å². The highest BCUT2D eigenvalue weighted by Gasteiger charge is 2.37. The van der Waals surface area contributed by atoms with E-state index in [0.29, 0.717) is 32.1 Å². The van der Waals surface area contributed by atoms with E-state index in [0.717, 1.165) is 6.42 Å². The molecule has 1 aliphatic carbocycles. The maximum absolute atomic E-state index is 10.6. The van der Waals surface area contributed by atoms with Crippen LogP contribution in [0, 0.1) is 33.8 Å². The van der Waals surface area contributed by atoms with Gasteiger partial charge in [0, 0.05) is 36.0 Å². The van der Waals surface area contributed by atoms with Gasteiger partial charge in [-0.15, -0.1) is 11.8 Å². The number of aliphatic hydroxyl groups is 1. The van der Waals surface area contributed by atoms with E-state index in [1.165, 1.54) is 0 Å². The van der Waals surface area contributed by atoms with Crippen LogP contribution in [-0.4, -0.2) is 33.8 Å². The standard InChI is InChI=1S/C14H21NO5/c16-13-9-8-11(10-15(19)20)12(13)6-4-2-1-3-5-7-14(17)18/h11-13,16H,1,3,5-10H2,(H,17,18). The molecule has 0 aromatic heterocycles. The molecule has 1 fully saturated rings. The quantitative estimate of drug-likeness (QED) is 0.320. The molecule has 0 saturated heterocycles. The van der Waals surface area contributed by atoms with Gasteiger partial charge in [-0.3, -0.25) is 14.9 Å². The molecule has 0 aromatic rings. The Morgan fingerprint density at radius 2 is 2.05 bits per heavy atom. The van der Waals surface area contributed by atoms with E-state index in [9.17, 15) is 20.0 Å². The molecule has 6 nitrogen and oxygen atoms in total. The van der Waals surface area contributed by atoms with E-state index in [1.54, 1.807) is 0 Å². The minimum absolute atomic E-state index is 0.0821. The first-order chi connectivity index (χ1) is 9.50. The highest BCUT2D eigenvalue weighted by molar-refractivity contribution is 5.66. The van der Waals surface area contributed by atoms with Crippen LogP contribution < -0.4 is 0 Å². The van der Waals surface area contributed by atoms with Crippen molar-refractivity contribution in [2.45, 2.75) is 51.0 Å². The van der Waals surface area contributed by atoms with E-state index in [1.807, 2.05) is 0 Å². The van der Waals surface area contributed by atoms with Crippen molar-refractivity contribution in [1.29, 1.82) is 0 Å². The molecular weight excluding hydrogens is 262 g/mol. The summed E-state index contributed by atoms with van der Waals surface area (Å²) in [5.74, 6) is 4.94. The third-order valence-corrected chi connectivity index (χ3v) is 3.72. The minimum atomic E-state index is -0.797. The molecule has 0 aromatic carbocycles. The maximum Gasteiger partial charge on any atom is 0.303 e. The van der Waals surface area contributed by atoms with Gasteiger partial charge in [-0.05, 0) is 25.7 Å². The summed E-state index contributed by atoms with van der Waals surface area (Å²) < 4.78 is 0. The smallest absolute Gasteiger partial charge is 0.303 e. The van der Waals surface area contributed by atoms with Gasteiger partial charge in [0.15, 0.2) is 0 Å². The molecule has 3 atom stereocenters. The fraction of sp³-hybridized carbons (Fsp3) is 0.786. The Labute approximate surface area is 118 Å². The lowest BCUT2D eigenvalue weighted by molar-refractivity contribution is -0.489. The Hall–Kier alpha value is -1.61. The van der Waals surface area contributed by atoms with E-state index in [2.05, 4.69) is 11.8 Å². The number of unbranched alkanes of at least 4 members (excludes halogenated alkanes) is 2. The van der Waals surface area contributed by atoms with Crippen LogP contribution in [0.4, 0.5) is 0 Å². The number of rotatable bonds is 7. The third kappa shape index (κ3) is 6.02. The Bertz CT molecular complexity index is 398. The SMILES string of the molecule is O=C(O)CCCCC#CCC1C(O)CCC1C[N+](=O)[O-]. The van der Waals surface area contributed by atoms with Gasteiger partial charge in [-0.25, -0.2) is 0 Å². The van der Waals surface area contributed by atoms with Crippen LogP contribution in [0.2, 0.25) is 0 Å². The topological polar surface area (TPSA) is 101 Å². The van der Waals surface area contributed by atoms with Gasteiger partial charge >= 0.3 is 5.97 Å². The van der Waals surface area contributed by atoms with Crippen LogP contribution in [0.5, 0.6) is 0 Å². The summed E-state index contributed by atoms with van der Waals surface area (Å²) in [7, 11) is 0. The largest absolute Gasteiger partial charge is 0.481 e. The van der Waals surface area contributed by atoms with Crippen molar-refractivity contribution in [2.75, 3.05) is 6.54 Å². The highest BCUT2D eigenvalue weighted by atomic mass is 16.6. The van der Waals surface area contributed by atoms with Crippen molar-refractivity contribution in [3.8, 4) is 11.8 Å². The molecule has 1 saturated carbocycles. The van der Waals surface area contributed by atoms with Crippen molar-refractivity contribution in [3.05, 3.63) is 10.1 Å². The fourth-order valence-corrected chi connectivity index (χ4v) is 2.62. The van der Waals surface area contributed by atoms with Gasteiger partial charge in [0.2, 0.25) is 6.54 Å². The van der Waals surface area contributed by atoms with Crippen LogP contribution >= 0.6 is 0 Å². The molecule has 0 spiro atoms. The normalized spacial score (nSPS) is 24.9. The molecule has 1 rings (SSSR count). The first kappa shape index (κ1) is 16.4. The monoisotopic (exact) mass is 283 g/mol. The summed E-state index contributed by atoms with van der Waals surface area (Å²) >= 11 is 0. The predicted octanol–water partition coefficient (Wildman–Crippen LogP) is 1.69. The summed E-state index contributed by atoms with van der Waals surface area (Å²) in [6, 6.07) is 0. The molecule has 6 heteroatoms. The van der Waals surface area contributed by atoms with Crippen molar-refractivity contribution in [1.82, 2.24) is 0 Å². The van der Waals surface area contributed by atoms with Gasteiger partial charge in [-0.2, -0.15) is 0 Å². The summed E-state index contributed by atoms with van der Waals surface area (Å²) in [5, 5.41) is 28.8. The average molecular weight is 283 g/mol. The van der Waals surface area contributed by atoms with Gasteiger partial charge < -0.3 is 10.2 Å². The van der Waals surface area contributed by atoms with Gasteiger partial charge in [-0.1, -0.05) is 0 Å². The van der Waals surface area contributed by atoms with Gasteiger partial charge in [0.1, 0.15) is 0 Å². The van der Waals surface area contributed by atoms with Crippen molar-refractivity contribution < 1.29 is 19.9 Å². The van der Waals surface area contributed by atoms with Crippen LogP contribution in [0.25, 0.3) is 0 Å². The zero-order valence-corrected chi connectivity index (χ0v) is 11.5. The maximum atomic E-state index is 10.6. The number of nitrogens with zero attached hydrogens (tertiary/aromatic N) is 1. The number of hydrogen-bond acceptors (Lipinski definition) is 4. The van der Waals surface area contributed by atoms with Gasteiger partial charge in [0.05, 0.1) is 6.10 Å². The van der Waals surface area contributed by atoms with Crippen molar-refractivity contribution in [2.24, 2.45) is 11.8 Å². The number of hydrogen-bond donors (Lipinski definition) is 2. The molecule has 0 aliphatic heterocycles. The Morgan fingerprint density at radius 3 is 2.70 bits per heavy atom. The molecule has 0 radical (unpaired) electrons. The summed E-state index contributed by atoms with van der Waals surface area (Å²) in [5.41, 5.74) is 0. The molecule has 2 N–H and O–H groups in total. The lowest BCUT2D eigenvalue weighted by Gasteiger charge is -2.16. The number of carboxylic acid groups (broad SMARTS) is 1. The number of carboxylic acids is 1. The lowest BCUT2D eigenvalue weighted by Crippen LogP contribution is -2.24. The van der Waals surface area contributed by atoms with E-state index in [-0.39, 0.29) is 29.7 Å². The Balaban J connectivity index is 2.28. The molecule has 20 heavy (non-hydrogen) atoms. The zero-order chi connectivity index (χ0) is 15.0. The minimum Gasteiger partial charge on any atom is -0.481 e. The first-order valence-corrected chi connectivity index (χ1v) is 6.98. The second kappa shape index (κ2) is 8.54. The zero-order valence-electron chi connectivity index (χ0n) is 11.5. The summed E-state index contributed by atoms with van der Waals surface area (Å²) in [6.45, 7) is -0.0952. The molecule has 1 aliphatic rings. The van der Waals surface area contributed by atoms with E-state index in [4.69, 9.17) is 5.11 Å². The van der Waals surface area contributed by atoms with Gasteiger partial charge in [0.25, 0.3) is 0 Å². The second-order valence-corrected chi connectivity index (χ2v) is 5.24. The second-order valence-electron chi connectivity index (χ2n) is 5.24. The van der Waals surface area contributed by atoms with E-state index >= 15 is 0 Å². The number of aliphatic hydroxyl groups excluding tert-OH is 1. The van der Waals surface area contributed by atoms with Crippen LogP contribution in [0.3, 0.4) is 0 Å². The number of carbonyl (C=O) groups is 1. The average Bonchev–Trinajstić information content (AvgIpc) is 2.68. The first-order valence-electron chi connectivity index (χ1n) is 6.98. The summed E-state index contributed by atoms with van der Waals surface area (Å²) in [6.07, 6.45) is 3.45. The number of aliphatic carboxylic acids is 1. The Kier molecular flexibility index (Phi) is 7.02. The lowest BCUT2D eigenvalue weighted by atomic mass is 9.92. The molecule has 3 unspecified atom stereocenters. The summed E-state index contributed by atoms with van der Waals surface area (Å²) in [4.78, 5) is 20.5. The van der Waals surface area contributed by atoms with Crippen molar-refractivity contribution >= 4 is 5.97 Å². The number of nitro groups is 1. The fourth-order valence-electron chi connectivity index (χ4n) is 2.62. The van der Waals surface area contributed by atoms with Crippen LogP contribution in [0.15, 0.2) is 0 Å². The highest BCUT2D eigenvalue weighted by Crippen LogP contribution is 2.34. The predicted molar refractivity (Wildman–Crippen MR) is 72.6 cm³/mol. The molecule has 0 heterocycles. The van der Waals surface area contributed by atoms with Crippen molar-refractivity contribution in [3.63, 3.8) is 0 Å². The molecular formula is C14H21NO5. The molecule has 0 bridgehead atoms. The third-order valence-electron chi connectivity index (χ3n) is 3.72. The van der Waals surface area contributed by atoms with Crippen LogP contribution in [0.1, 0.15) is 44.9 Å². The Morgan fingerprint density at radius 1 is 1.30 bits per heavy atom. The van der Waals surface area contributed by atoms with Crippen LogP contribution in [-0.2, 0) is 4.79 Å². The molecule has 0 amide bonds. The molecule has 112 valence electrons.